The number of benzene rings is 2. The van der Waals surface area contributed by atoms with Crippen molar-refractivity contribution < 1.29 is 23.4 Å². The summed E-state index contributed by atoms with van der Waals surface area (Å²) in [6, 6.07) is 6.69. The van der Waals surface area contributed by atoms with Crippen molar-refractivity contribution in [3.63, 3.8) is 0 Å². The molecule has 10 heteroatoms. The van der Waals surface area contributed by atoms with E-state index in [1.165, 1.54) is 12.1 Å². The van der Waals surface area contributed by atoms with E-state index in [1.807, 2.05) is 17.0 Å². The molecule has 1 saturated heterocycles. The fraction of sp³-hybridized carbons (Fsp3) is 0.481. The Labute approximate surface area is 220 Å². The average Bonchev–Trinajstić information content (AvgIpc) is 3.20. The topological polar surface area (TPSA) is 79.9 Å². The van der Waals surface area contributed by atoms with Crippen molar-refractivity contribution in [3.8, 4) is 11.5 Å². The van der Waals surface area contributed by atoms with Gasteiger partial charge in [-0.05, 0) is 41.3 Å². The molecule has 1 atom stereocenters. The number of hydrogen-bond acceptors (Lipinski definition) is 6. The molecule has 0 saturated carbocycles. The number of aromatic amines is 1. The Kier molecular flexibility index (Phi) is 7.83. The number of morpholine rings is 1. The lowest BCUT2D eigenvalue weighted by Gasteiger charge is -2.35. The first-order chi connectivity index (χ1) is 17.9. The van der Waals surface area contributed by atoms with E-state index < -0.39 is 6.10 Å². The zero-order valence-electron chi connectivity index (χ0n) is 21.1. The molecule has 3 heterocycles. The quantitative estimate of drug-likeness (QED) is 0.488. The lowest BCUT2D eigenvalue weighted by atomic mass is 10.1. The minimum Gasteiger partial charge on any atom is -0.489 e. The van der Waals surface area contributed by atoms with Crippen molar-refractivity contribution in [2.24, 2.45) is 5.92 Å². The van der Waals surface area contributed by atoms with E-state index in [4.69, 9.17) is 25.8 Å². The van der Waals surface area contributed by atoms with Gasteiger partial charge in [0.25, 0.3) is 5.91 Å². The molecule has 198 valence electrons. The Morgan fingerprint density at radius 2 is 2.08 bits per heavy atom. The Hall–Kier alpha value is -2.88. The van der Waals surface area contributed by atoms with Crippen LogP contribution in [-0.4, -0.2) is 71.2 Å². The molecular formula is C27H32ClFN4O4. The normalized spacial score (nSPS) is 18.2. The second-order valence-electron chi connectivity index (χ2n) is 10.0. The second-order valence-corrected chi connectivity index (χ2v) is 10.4. The number of aromatic nitrogens is 2. The molecule has 1 N–H and O–H groups in total. The molecule has 2 aromatic carbocycles. The fourth-order valence-corrected chi connectivity index (χ4v) is 5.20. The van der Waals surface area contributed by atoms with E-state index in [-0.39, 0.29) is 17.6 Å². The van der Waals surface area contributed by atoms with Crippen LogP contribution in [0.15, 0.2) is 30.6 Å². The van der Waals surface area contributed by atoms with Crippen LogP contribution in [0.5, 0.6) is 11.5 Å². The molecule has 0 unspecified atom stereocenters. The number of H-pyrrole nitrogens is 1. The van der Waals surface area contributed by atoms with Gasteiger partial charge in [-0.15, -0.1) is 0 Å². The molecular weight excluding hydrogens is 499 g/mol. The first-order valence-electron chi connectivity index (χ1n) is 12.7. The number of ether oxygens (including phenoxy) is 3. The van der Waals surface area contributed by atoms with Gasteiger partial charge >= 0.3 is 0 Å². The van der Waals surface area contributed by atoms with Crippen LogP contribution >= 0.6 is 11.6 Å². The van der Waals surface area contributed by atoms with Crippen molar-refractivity contribution in [2.45, 2.75) is 39.5 Å². The number of nitrogens with one attached hydrogen (secondary N) is 1. The molecule has 37 heavy (non-hydrogen) atoms. The predicted octanol–water partition coefficient (Wildman–Crippen LogP) is 4.40. The highest BCUT2D eigenvalue weighted by atomic mass is 35.5. The molecule has 2 aliphatic rings. The molecule has 1 amide bonds. The van der Waals surface area contributed by atoms with E-state index in [0.717, 1.165) is 23.1 Å². The van der Waals surface area contributed by atoms with Gasteiger partial charge in [0.2, 0.25) is 0 Å². The van der Waals surface area contributed by atoms with Crippen molar-refractivity contribution in [3.05, 3.63) is 52.6 Å². The van der Waals surface area contributed by atoms with Gasteiger partial charge in [-0.2, -0.15) is 0 Å². The number of nitrogens with zero attached hydrogens (tertiary/aromatic N) is 3. The van der Waals surface area contributed by atoms with Crippen molar-refractivity contribution in [1.82, 2.24) is 19.8 Å². The third-order valence-corrected chi connectivity index (χ3v) is 6.80. The highest BCUT2D eigenvalue weighted by molar-refractivity contribution is 6.32. The first-order valence-corrected chi connectivity index (χ1v) is 13.1. The lowest BCUT2D eigenvalue weighted by molar-refractivity contribution is -0.151. The maximum Gasteiger partial charge on any atom is 0.253 e. The molecule has 1 fully saturated rings. The van der Waals surface area contributed by atoms with Crippen LogP contribution in [0.3, 0.4) is 0 Å². The van der Waals surface area contributed by atoms with Gasteiger partial charge in [0, 0.05) is 39.1 Å². The standard InChI is InChI=1S/C27H32ClFN4O4/c1-17(2)12-33(13-18-8-21(28)26-23(9-18)35-5-3-6-37-26)27(34)24-15-32(4-7-36-24)14-19-10-20(29)11-22-25(19)31-16-30-22/h8-11,16-17,24H,3-7,12-15H2,1-2H3,(H,30,31)/t24-/m1/s1. The largest absolute Gasteiger partial charge is 0.489 e. The van der Waals surface area contributed by atoms with E-state index >= 15 is 0 Å². The summed E-state index contributed by atoms with van der Waals surface area (Å²) in [6.07, 6.45) is 1.73. The van der Waals surface area contributed by atoms with Crippen LogP contribution in [0.1, 0.15) is 31.4 Å². The third-order valence-electron chi connectivity index (χ3n) is 6.52. The molecule has 2 aliphatic heterocycles. The van der Waals surface area contributed by atoms with Crippen LogP contribution in [0, 0.1) is 11.7 Å². The van der Waals surface area contributed by atoms with E-state index in [9.17, 15) is 9.18 Å². The van der Waals surface area contributed by atoms with Gasteiger partial charge in [-0.1, -0.05) is 25.4 Å². The maximum absolute atomic E-state index is 14.1. The van der Waals surface area contributed by atoms with Crippen LogP contribution in [-0.2, 0) is 22.6 Å². The first kappa shape index (κ1) is 25.8. The maximum atomic E-state index is 14.1. The van der Waals surface area contributed by atoms with Crippen molar-refractivity contribution >= 4 is 28.5 Å². The molecule has 5 rings (SSSR count). The number of rotatable bonds is 7. The van der Waals surface area contributed by atoms with Gasteiger partial charge in [-0.3, -0.25) is 9.69 Å². The minimum absolute atomic E-state index is 0.0780. The van der Waals surface area contributed by atoms with E-state index in [0.29, 0.717) is 74.6 Å². The van der Waals surface area contributed by atoms with Gasteiger partial charge in [0.1, 0.15) is 11.9 Å². The summed E-state index contributed by atoms with van der Waals surface area (Å²) in [5.41, 5.74) is 3.05. The summed E-state index contributed by atoms with van der Waals surface area (Å²) < 4.78 is 31.7. The number of fused-ring (bicyclic) bond motifs is 2. The fourth-order valence-electron chi connectivity index (χ4n) is 4.91. The molecule has 0 spiro atoms. The summed E-state index contributed by atoms with van der Waals surface area (Å²) in [5.74, 6) is 1.03. The van der Waals surface area contributed by atoms with Crippen molar-refractivity contribution in [2.75, 3.05) is 39.5 Å². The van der Waals surface area contributed by atoms with Crippen LogP contribution < -0.4 is 9.47 Å². The van der Waals surface area contributed by atoms with Crippen LogP contribution in [0.25, 0.3) is 11.0 Å². The van der Waals surface area contributed by atoms with Crippen LogP contribution in [0.2, 0.25) is 5.02 Å². The zero-order valence-corrected chi connectivity index (χ0v) is 21.9. The summed E-state index contributed by atoms with van der Waals surface area (Å²) in [7, 11) is 0. The Morgan fingerprint density at radius 1 is 1.24 bits per heavy atom. The number of carbonyl (C=O) groups is 1. The number of halogens is 2. The number of carbonyl (C=O) groups excluding carboxylic acids is 1. The summed E-state index contributed by atoms with van der Waals surface area (Å²) in [4.78, 5) is 24.9. The second kappa shape index (κ2) is 11.2. The molecule has 0 radical (unpaired) electrons. The molecule has 3 aromatic rings. The van der Waals surface area contributed by atoms with E-state index in [2.05, 4.69) is 28.7 Å². The molecule has 1 aromatic heterocycles. The highest BCUT2D eigenvalue weighted by Gasteiger charge is 2.31. The van der Waals surface area contributed by atoms with Gasteiger partial charge in [0.05, 0.1) is 42.2 Å². The molecule has 0 aliphatic carbocycles. The summed E-state index contributed by atoms with van der Waals surface area (Å²) >= 11 is 6.50. The van der Waals surface area contributed by atoms with Gasteiger partial charge < -0.3 is 24.1 Å². The van der Waals surface area contributed by atoms with Crippen LogP contribution in [0.4, 0.5) is 4.39 Å². The lowest BCUT2D eigenvalue weighted by Crippen LogP contribution is -2.51. The number of hydrogen-bond donors (Lipinski definition) is 1. The number of amides is 1. The summed E-state index contributed by atoms with van der Waals surface area (Å²) in [5, 5.41) is 0.478. The minimum atomic E-state index is -0.619. The monoisotopic (exact) mass is 530 g/mol. The SMILES string of the molecule is CC(C)CN(Cc1cc(Cl)c2c(c1)OCCCO2)C(=O)[C@H]1CN(Cc2cc(F)cc3[nH]cnc23)CCO1. The Balaban J connectivity index is 1.31. The summed E-state index contributed by atoms with van der Waals surface area (Å²) in [6.45, 7) is 8.18. The average molecular weight is 531 g/mol. The Bertz CT molecular complexity index is 1270. The highest BCUT2D eigenvalue weighted by Crippen LogP contribution is 2.38. The number of imidazole rings is 1. The molecule has 0 bridgehead atoms. The molecule has 8 nitrogen and oxygen atoms in total. The van der Waals surface area contributed by atoms with Gasteiger partial charge in [0.15, 0.2) is 11.5 Å². The van der Waals surface area contributed by atoms with E-state index in [1.54, 1.807) is 6.33 Å². The Morgan fingerprint density at radius 3 is 2.92 bits per heavy atom. The third kappa shape index (κ3) is 6.00. The van der Waals surface area contributed by atoms with Gasteiger partial charge in [-0.25, -0.2) is 9.37 Å². The van der Waals surface area contributed by atoms with Crippen molar-refractivity contribution in [1.29, 1.82) is 0 Å². The smallest absolute Gasteiger partial charge is 0.253 e. The zero-order chi connectivity index (χ0) is 25.9. The predicted molar refractivity (Wildman–Crippen MR) is 138 cm³/mol.